The van der Waals surface area contributed by atoms with Gasteiger partial charge in [-0.3, -0.25) is 9.59 Å². The number of carbonyl (C=O) groups excluding carboxylic acids is 3. The summed E-state index contributed by atoms with van der Waals surface area (Å²) in [7, 11) is 1.54. The lowest BCUT2D eigenvalue weighted by atomic mass is 10.2. The van der Waals surface area contributed by atoms with Crippen LogP contribution in [-0.4, -0.2) is 31.1 Å². The summed E-state index contributed by atoms with van der Waals surface area (Å²) < 4.78 is 13.2. The molecule has 2 amide bonds. The van der Waals surface area contributed by atoms with Crippen molar-refractivity contribution in [2.45, 2.75) is 0 Å². The molecule has 4 aromatic carbocycles. The molecule has 216 valence electrons. The molecule has 0 unspecified atom stereocenters. The van der Waals surface area contributed by atoms with Gasteiger partial charge in [0.05, 0.1) is 23.9 Å². The number of ether oxygens (including phenoxy) is 2. The number of hydrogen-bond acceptors (Lipinski definition) is 7. The zero-order valence-corrected chi connectivity index (χ0v) is 26.9. The van der Waals surface area contributed by atoms with Gasteiger partial charge < -0.3 is 14.8 Å². The van der Waals surface area contributed by atoms with Gasteiger partial charge in [0.1, 0.15) is 16.4 Å². The maximum absolute atomic E-state index is 12.9. The lowest BCUT2D eigenvalue weighted by molar-refractivity contribution is 0.0733. The number of rotatable bonds is 8. The summed E-state index contributed by atoms with van der Waals surface area (Å²) in [6.07, 6.45) is 1.38. The van der Waals surface area contributed by atoms with Gasteiger partial charge in [0.2, 0.25) is 0 Å². The Kier molecular flexibility index (Phi) is 9.56. The van der Waals surface area contributed by atoms with Gasteiger partial charge in [-0.15, -0.1) is 11.3 Å². The Hall–Kier alpha value is -4.03. The molecule has 0 spiro atoms. The lowest BCUT2D eigenvalue weighted by Crippen LogP contribution is -2.18. The first-order chi connectivity index (χ1) is 20.7. The van der Waals surface area contributed by atoms with E-state index in [1.54, 1.807) is 73.8 Å². The zero-order valence-electron chi connectivity index (χ0n) is 22.2. The van der Waals surface area contributed by atoms with Gasteiger partial charge in [0, 0.05) is 35.8 Å². The number of fused-ring (bicyclic) bond motifs is 1. The average molecular weight is 742 g/mol. The third-order valence-electron chi connectivity index (χ3n) is 6.07. The van der Waals surface area contributed by atoms with Crippen molar-refractivity contribution in [2.24, 2.45) is 5.10 Å². The minimum Gasteiger partial charge on any atom is -0.497 e. The molecule has 8 nitrogen and oxygen atoms in total. The molecule has 0 aliphatic heterocycles. The molecule has 0 saturated carbocycles. The minimum atomic E-state index is -0.557. The Bertz CT molecular complexity index is 1880. The topological polar surface area (TPSA) is 106 Å². The Morgan fingerprint density at radius 3 is 2.26 bits per heavy atom. The fourth-order valence-electron chi connectivity index (χ4n) is 3.90. The normalized spacial score (nSPS) is 11.0. The second-order valence-corrected chi connectivity index (χ2v) is 12.2. The summed E-state index contributed by atoms with van der Waals surface area (Å²) in [4.78, 5) is 38.6. The molecule has 5 aromatic rings. The largest absolute Gasteiger partial charge is 0.497 e. The number of methoxy groups -OCH3 is 1. The van der Waals surface area contributed by atoms with Crippen LogP contribution in [0.4, 0.5) is 5.69 Å². The highest BCUT2D eigenvalue weighted by atomic mass is 79.9. The van der Waals surface area contributed by atoms with Crippen molar-refractivity contribution >= 4 is 94.6 Å². The quantitative estimate of drug-likeness (QED) is 0.0721. The van der Waals surface area contributed by atoms with Crippen LogP contribution in [0.25, 0.3) is 10.1 Å². The highest BCUT2D eigenvalue weighted by Crippen LogP contribution is 2.37. The van der Waals surface area contributed by atoms with Crippen LogP contribution in [0.15, 0.2) is 99.0 Å². The number of carbonyl (C=O) groups is 3. The van der Waals surface area contributed by atoms with Gasteiger partial charge in [-0.25, -0.2) is 10.2 Å². The van der Waals surface area contributed by atoms with Crippen LogP contribution in [0.2, 0.25) is 5.02 Å². The van der Waals surface area contributed by atoms with E-state index in [9.17, 15) is 14.4 Å². The summed E-state index contributed by atoms with van der Waals surface area (Å²) >= 11 is 14.6. The van der Waals surface area contributed by atoms with Crippen LogP contribution >= 0.6 is 54.8 Å². The van der Waals surface area contributed by atoms with Crippen LogP contribution < -0.4 is 20.2 Å². The van der Waals surface area contributed by atoms with E-state index in [0.717, 1.165) is 19.0 Å². The van der Waals surface area contributed by atoms with Crippen molar-refractivity contribution in [3.8, 4) is 11.5 Å². The summed E-state index contributed by atoms with van der Waals surface area (Å²) in [5.74, 6) is -0.499. The fraction of sp³-hybridized carbons (Fsp3) is 0.0323. The minimum absolute atomic E-state index is 0.258. The zero-order chi connectivity index (χ0) is 30.5. The molecular weight excluding hydrogens is 722 g/mol. The molecular formula is C31H20Br2ClN3O5S. The van der Waals surface area contributed by atoms with Crippen LogP contribution in [0.3, 0.4) is 0 Å². The first kappa shape index (κ1) is 30.4. The number of halogens is 3. The molecule has 0 bridgehead atoms. The van der Waals surface area contributed by atoms with Gasteiger partial charge in [0.25, 0.3) is 11.8 Å². The van der Waals surface area contributed by atoms with Crippen LogP contribution in [0, 0.1) is 0 Å². The van der Waals surface area contributed by atoms with E-state index in [-0.39, 0.29) is 11.7 Å². The number of esters is 1. The van der Waals surface area contributed by atoms with Crippen molar-refractivity contribution in [1.29, 1.82) is 0 Å². The van der Waals surface area contributed by atoms with Gasteiger partial charge >= 0.3 is 5.97 Å². The van der Waals surface area contributed by atoms with E-state index in [2.05, 4.69) is 47.7 Å². The second-order valence-electron chi connectivity index (χ2n) is 8.92. The number of thiophene rings is 1. The fourth-order valence-corrected chi connectivity index (χ4v) is 6.24. The summed E-state index contributed by atoms with van der Waals surface area (Å²) in [6.45, 7) is 0. The van der Waals surface area contributed by atoms with Crippen molar-refractivity contribution in [3.05, 3.63) is 120 Å². The van der Waals surface area contributed by atoms with Crippen molar-refractivity contribution < 1.29 is 23.9 Å². The van der Waals surface area contributed by atoms with Gasteiger partial charge in [-0.2, -0.15) is 5.10 Å². The Morgan fingerprint density at radius 2 is 1.53 bits per heavy atom. The number of hydrazone groups is 1. The third-order valence-corrected chi connectivity index (χ3v) is 8.72. The first-order valence-electron chi connectivity index (χ1n) is 12.5. The van der Waals surface area contributed by atoms with Crippen molar-refractivity contribution in [3.63, 3.8) is 0 Å². The number of hydrogen-bond donors (Lipinski definition) is 2. The molecule has 0 aliphatic carbocycles. The third kappa shape index (κ3) is 7.31. The van der Waals surface area contributed by atoms with E-state index >= 15 is 0 Å². The summed E-state index contributed by atoms with van der Waals surface area (Å²) in [5.41, 5.74) is 4.08. The highest BCUT2D eigenvalue weighted by molar-refractivity contribution is 9.10. The molecule has 2 N–H and O–H groups in total. The Labute approximate surface area is 271 Å². The van der Waals surface area contributed by atoms with E-state index in [4.69, 9.17) is 21.1 Å². The molecule has 0 saturated heterocycles. The molecule has 0 radical (unpaired) electrons. The van der Waals surface area contributed by atoms with Gasteiger partial charge in [0.15, 0.2) is 0 Å². The van der Waals surface area contributed by atoms with Gasteiger partial charge in [-0.1, -0.05) is 49.5 Å². The Balaban J connectivity index is 1.21. The number of nitrogens with one attached hydrogen (secondary N) is 2. The van der Waals surface area contributed by atoms with Crippen LogP contribution in [-0.2, 0) is 0 Å². The van der Waals surface area contributed by atoms with Crippen LogP contribution in [0.1, 0.15) is 36.0 Å². The van der Waals surface area contributed by atoms with E-state index in [0.29, 0.717) is 38.0 Å². The lowest BCUT2D eigenvalue weighted by Gasteiger charge is -2.09. The molecule has 1 aromatic heterocycles. The van der Waals surface area contributed by atoms with E-state index in [1.807, 2.05) is 18.2 Å². The highest BCUT2D eigenvalue weighted by Gasteiger charge is 2.18. The predicted molar refractivity (Wildman–Crippen MR) is 176 cm³/mol. The molecule has 43 heavy (non-hydrogen) atoms. The average Bonchev–Trinajstić information content (AvgIpc) is 3.33. The number of nitrogens with zero attached hydrogens (tertiary/aromatic N) is 1. The first-order valence-corrected chi connectivity index (χ1v) is 15.3. The van der Waals surface area contributed by atoms with Crippen LogP contribution in [0.5, 0.6) is 11.5 Å². The van der Waals surface area contributed by atoms with E-state index in [1.165, 1.54) is 17.6 Å². The predicted octanol–water partition coefficient (Wildman–Crippen LogP) is 8.32. The number of benzene rings is 4. The van der Waals surface area contributed by atoms with Gasteiger partial charge in [-0.05, 0) is 78.9 Å². The molecule has 5 rings (SSSR count). The van der Waals surface area contributed by atoms with Crippen molar-refractivity contribution in [2.75, 3.05) is 12.4 Å². The second kappa shape index (κ2) is 13.5. The standard InChI is InChI=1S/C31H20Br2ClN3O5S/c1-41-23-10-4-18(5-11-23)31(40)42-25-13-7-20(32)14-19(25)16-35-37-29(38)17-2-8-22(9-3-17)36-30(39)28-27(34)24-12-6-21(33)15-26(24)43-28/h2-16H,1H3,(H,36,39)(H,37,38)/b35-16-. The Morgan fingerprint density at radius 1 is 0.860 bits per heavy atom. The van der Waals surface area contributed by atoms with Crippen molar-refractivity contribution in [1.82, 2.24) is 5.43 Å². The molecule has 1 heterocycles. The smallest absolute Gasteiger partial charge is 0.343 e. The van der Waals surface area contributed by atoms with E-state index < -0.39 is 11.9 Å². The molecule has 0 fully saturated rings. The summed E-state index contributed by atoms with van der Waals surface area (Å²) in [5, 5.41) is 8.04. The summed E-state index contributed by atoms with van der Waals surface area (Å²) in [6, 6.07) is 23.5. The maximum atomic E-state index is 12.9. The number of anilines is 1. The molecule has 0 aliphatic rings. The number of amides is 2. The molecule has 12 heteroatoms. The monoisotopic (exact) mass is 739 g/mol. The maximum Gasteiger partial charge on any atom is 0.343 e. The SMILES string of the molecule is COc1ccc(C(=O)Oc2ccc(Br)cc2/C=N\NC(=O)c2ccc(NC(=O)c3sc4cc(Br)ccc4c3Cl)cc2)cc1. The molecule has 0 atom stereocenters.